The van der Waals surface area contributed by atoms with Gasteiger partial charge >= 0.3 is 6.09 Å². The fraction of sp³-hybridized carbons (Fsp3) is 0.941. The number of rotatable bonds is 5. The smallest absolute Gasteiger partial charge is 0.407 e. The van der Waals surface area contributed by atoms with Crippen LogP contribution in [0.2, 0.25) is 0 Å². The third-order valence-corrected chi connectivity index (χ3v) is 4.58. The molecule has 0 spiro atoms. The molecule has 1 heterocycles. The topological polar surface area (TPSA) is 59.6 Å². The first-order valence-corrected chi connectivity index (χ1v) is 8.72. The van der Waals surface area contributed by atoms with E-state index in [1.165, 1.54) is 32.1 Å². The molecule has 0 aromatic rings. The largest absolute Gasteiger partial charge is 0.444 e. The molecule has 1 aliphatic carbocycles. The molecule has 2 unspecified atom stereocenters. The van der Waals surface area contributed by atoms with E-state index in [0.717, 1.165) is 25.7 Å². The van der Waals surface area contributed by atoms with Crippen molar-refractivity contribution in [3.8, 4) is 0 Å². The van der Waals surface area contributed by atoms with Gasteiger partial charge in [0.25, 0.3) is 0 Å². The molecule has 2 fully saturated rings. The highest BCUT2D eigenvalue weighted by atomic mass is 16.6. The minimum atomic E-state index is -0.430. The fourth-order valence-corrected chi connectivity index (χ4v) is 3.35. The van der Waals surface area contributed by atoms with Crippen LogP contribution in [0.5, 0.6) is 0 Å². The van der Waals surface area contributed by atoms with Gasteiger partial charge in [0.1, 0.15) is 5.60 Å². The average molecular weight is 312 g/mol. The number of carbonyl (C=O) groups excluding carboxylic acids is 1. The van der Waals surface area contributed by atoms with Crippen molar-refractivity contribution in [3.63, 3.8) is 0 Å². The predicted octanol–water partition coefficient (Wildman–Crippen LogP) is 2.70. The molecule has 0 radical (unpaired) electrons. The molecular weight excluding hydrogens is 280 g/mol. The summed E-state index contributed by atoms with van der Waals surface area (Å²) in [7, 11) is 0. The molecule has 1 saturated carbocycles. The van der Waals surface area contributed by atoms with E-state index >= 15 is 0 Å². The molecular formula is C17H32N2O3. The van der Waals surface area contributed by atoms with Crippen molar-refractivity contribution in [2.24, 2.45) is 11.8 Å². The van der Waals surface area contributed by atoms with E-state index in [-0.39, 0.29) is 6.09 Å². The van der Waals surface area contributed by atoms with Crippen molar-refractivity contribution >= 4 is 6.09 Å². The van der Waals surface area contributed by atoms with Gasteiger partial charge in [-0.3, -0.25) is 0 Å². The Morgan fingerprint density at radius 1 is 1.14 bits per heavy atom. The molecule has 0 aromatic heterocycles. The number of alkyl carbamates (subject to hydrolysis) is 1. The average Bonchev–Trinajstić information content (AvgIpc) is 2.90. The van der Waals surface area contributed by atoms with Crippen LogP contribution in [0.25, 0.3) is 0 Å². The Hall–Kier alpha value is -0.810. The number of hydrogen-bond acceptors (Lipinski definition) is 4. The van der Waals surface area contributed by atoms with Crippen LogP contribution in [0.1, 0.15) is 52.9 Å². The van der Waals surface area contributed by atoms with Crippen LogP contribution in [-0.4, -0.2) is 44.0 Å². The maximum absolute atomic E-state index is 11.8. The first-order valence-electron chi connectivity index (χ1n) is 8.72. The summed E-state index contributed by atoms with van der Waals surface area (Å²) >= 11 is 0. The Labute approximate surface area is 134 Å². The van der Waals surface area contributed by atoms with Crippen molar-refractivity contribution in [1.82, 2.24) is 10.6 Å². The molecule has 128 valence electrons. The third-order valence-electron chi connectivity index (χ3n) is 4.58. The zero-order valence-electron chi connectivity index (χ0n) is 14.3. The molecule has 1 saturated heterocycles. The fourth-order valence-electron chi connectivity index (χ4n) is 3.35. The van der Waals surface area contributed by atoms with Crippen molar-refractivity contribution in [1.29, 1.82) is 0 Å². The molecule has 0 bridgehead atoms. The van der Waals surface area contributed by atoms with E-state index in [0.29, 0.717) is 18.5 Å². The van der Waals surface area contributed by atoms with E-state index < -0.39 is 5.60 Å². The van der Waals surface area contributed by atoms with Gasteiger partial charge in [0, 0.05) is 25.8 Å². The van der Waals surface area contributed by atoms with Crippen molar-refractivity contribution in [2.75, 3.05) is 26.3 Å². The van der Waals surface area contributed by atoms with E-state index in [1.807, 2.05) is 20.8 Å². The number of ether oxygens (including phenoxy) is 2. The second-order valence-corrected chi connectivity index (χ2v) is 7.64. The molecule has 1 aliphatic heterocycles. The lowest BCUT2D eigenvalue weighted by atomic mass is 9.98. The Kier molecular flexibility index (Phi) is 6.50. The predicted molar refractivity (Wildman–Crippen MR) is 86.9 cm³/mol. The molecule has 22 heavy (non-hydrogen) atoms. The summed E-state index contributed by atoms with van der Waals surface area (Å²) in [5, 5.41) is 6.65. The van der Waals surface area contributed by atoms with Gasteiger partial charge in [-0.05, 0) is 64.8 Å². The second kappa shape index (κ2) is 8.16. The first-order chi connectivity index (χ1) is 10.4. The highest BCUT2D eigenvalue weighted by molar-refractivity contribution is 5.67. The van der Waals surface area contributed by atoms with E-state index in [2.05, 4.69) is 10.6 Å². The number of hydrogen-bond donors (Lipinski definition) is 2. The van der Waals surface area contributed by atoms with Crippen LogP contribution >= 0.6 is 0 Å². The standard InChI is InChI=1S/C17H32N2O3/c1-17(2,3)22-16(20)19-12-14-5-4-6-15(14)18-11-13-7-9-21-10-8-13/h13-15,18H,4-12H2,1-3H3,(H,19,20). The summed E-state index contributed by atoms with van der Waals surface area (Å²) < 4.78 is 10.7. The minimum absolute atomic E-state index is 0.303. The Balaban J connectivity index is 1.67. The molecule has 1 amide bonds. The Bertz CT molecular complexity index is 348. The molecule has 2 atom stereocenters. The van der Waals surface area contributed by atoms with Gasteiger partial charge in [-0.15, -0.1) is 0 Å². The van der Waals surface area contributed by atoms with Gasteiger partial charge in [0.15, 0.2) is 0 Å². The number of amides is 1. The first kappa shape index (κ1) is 17.5. The minimum Gasteiger partial charge on any atom is -0.444 e. The van der Waals surface area contributed by atoms with Crippen LogP contribution < -0.4 is 10.6 Å². The van der Waals surface area contributed by atoms with Crippen LogP contribution in [0, 0.1) is 11.8 Å². The van der Waals surface area contributed by atoms with Crippen molar-refractivity contribution in [2.45, 2.75) is 64.5 Å². The molecule has 0 aromatic carbocycles. The molecule has 5 heteroatoms. The summed E-state index contributed by atoms with van der Waals surface area (Å²) in [6.45, 7) is 9.26. The van der Waals surface area contributed by atoms with Gasteiger partial charge < -0.3 is 20.1 Å². The van der Waals surface area contributed by atoms with E-state index in [4.69, 9.17) is 9.47 Å². The van der Waals surface area contributed by atoms with Gasteiger partial charge in [0.05, 0.1) is 0 Å². The summed E-state index contributed by atoms with van der Waals surface area (Å²) in [4.78, 5) is 11.8. The number of carbonyl (C=O) groups is 1. The zero-order chi connectivity index (χ0) is 16.0. The lowest BCUT2D eigenvalue weighted by Crippen LogP contribution is -2.42. The Morgan fingerprint density at radius 3 is 2.55 bits per heavy atom. The third kappa shape index (κ3) is 6.13. The maximum Gasteiger partial charge on any atom is 0.407 e. The molecule has 2 aliphatic rings. The van der Waals surface area contributed by atoms with Crippen molar-refractivity contribution < 1.29 is 14.3 Å². The zero-order valence-corrected chi connectivity index (χ0v) is 14.3. The summed E-state index contributed by atoms with van der Waals surface area (Å²) in [6, 6.07) is 0.526. The van der Waals surface area contributed by atoms with Crippen LogP contribution in [0.3, 0.4) is 0 Å². The normalized spacial score (nSPS) is 26.9. The maximum atomic E-state index is 11.8. The van der Waals surface area contributed by atoms with Gasteiger partial charge in [-0.1, -0.05) is 6.42 Å². The molecule has 2 rings (SSSR count). The summed E-state index contributed by atoms with van der Waals surface area (Å²) in [5.41, 5.74) is -0.430. The van der Waals surface area contributed by atoms with Gasteiger partial charge in [-0.2, -0.15) is 0 Å². The monoisotopic (exact) mass is 312 g/mol. The molecule has 2 N–H and O–H groups in total. The van der Waals surface area contributed by atoms with Gasteiger partial charge in [0.2, 0.25) is 0 Å². The lowest BCUT2D eigenvalue weighted by Gasteiger charge is -2.27. The quantitative estimate of drug-likeness (QED) is 0.819. The number of nitrogens with one attached hydrogen (secondary N) is 2. The lowest BCUT2D eigenvalue weighted by molar-refractivity contribution is 0.0514. The Morgan fingerprint density at radius 2 is 1.86 bits per heavy atom. The highest BCUT2D eigenvalue weighted by Crippen LogP contribution is 2.26. The summed E-state index contributed by atoms with van der Waals surface area (Å²) in [5.74, 6) is 1.26. The second-order valence-electron chi connectivity index (χ2n) is 7.64. The van der Waals surface area contributed by atoms with E-state index in [9.17, 15) is 4.79 Å². The van der Waals surface area contributed by atoms with Crippen LogP contribution in [-0.2, 0) is 9.47 Å². The SMILES string of the molecule is CC(C)(C)OC(=O)NCC1CCCC1NCC1CCOCC1. The van der Waals surface area contributed by atoms with Crippen molar-refractivity contribution in [3.05, 3.63) is 0 Å². The van der Waals surface area contributed by atoms with E-state index in [1.54, 1.807) is 0 Å². The summed E-state index contributed by atoms with van der Waals surface area (Å²) in [6.07, 6.45) is 5.67. The van der Waals surface area contributed by atoms with Crippen LogP contribution in [0.4, 0.5) is 4.79 Å². The van der Waals surface area contributed by atoms with Gasteiger partial charge in [-0.25, -0.2) is 4.79 Å². The molecule has 5 nitrogen and oxygen atoms in total. The van der Waals surface area contributed by atoms with Crippen LogP contribution in [0.15, 0.2) is 0 Å². The highest BCUT2D eigenvalue weighted by Gasteiger charge is 2.28.